The first-order valence-corrected chi connectivity index (χ1v) is 13.7. The Morgan fingerprint density at radius 1 is 0.974 bits per heavy atom. The van der Waals surface area contributed by atoms with Crippen molar-refractivity contribution in [3.8, 4) is 5.75 Å². The van der Waals surface area contributed by atoms with Crippen LogP contribution in [0.15, 0.2) is 72.8 Å². The second-order valence-corrected chi connectivity index (χ2v) is 10.8. The zero-order valence-corrected chi connectivity index (χ0v) is 22.7. The molecule has 2 amide bonds. The van der Waals surface area contributed by atoms with Gasteiger partial charge in [-0.25, -0.2) is 4.39 Å². The number of carbonyl (C=O) groups is 2. The predicted molar refractivity (Wildman–Crippen MR) is 149 cm³/mol. The minimum absolute atomic E-state index is 0.0201. The Morgan fingerprint density at radius 3 is 2.31 bits per heavy atom. The zero-order chi connectivity index (χ0) is 27.4. The molecule has 1 N–H and O–H groups in total. The summed E-state index contributed by atoms with van der Waals surface area (Å²) in [5.74, 6) is 0.530. The monoisotopic (exact) mass is 549 g/mol. The van der Waals surface area contributed by atoms with Crippen molar-refractivity contribution in [3.63, 3.8) is 0 Å². The van der Waals surface area contributed by atoms with Crippen LogP contribution in [0.3, 0.4) is 0 Å². The number of fused-ring (bicyclic) bond motifs is 1. The van der Waals surface area contributed by atoms with Gasteiger partial charge in [-0.3, -0.25) is 9.59 Å². The number of hydrogen-bond acceptors (Lipinski definition) is 4. The van der Waals surface area contributed by atoms with Crippen molar-refractivity contribution in [1.29, 1.82) is 0 Å². The first-order valence-electron chi connectivity index (χ1n) is 13.3. The van der Waals surface area contributed by atoms with E-state index in [0.717, 1.165) is 42.9 Å². The van der Waals surface area contributed by atoms with Gasteiger partial charge in [0.1, 0.15) is 11.6 Å². The van der Waals surface area contributed by atoms with Crippen LogP contribution in [0.2, 0.25) is 5.02 Å². The van der Waals surface area contributed by atoms with E-state index in [9.17, 15) is 14.0 Å². The molecule has 2 fully saturated rings. The Bertz CT molecular complexity index is 1270. The van der Waals surface area contributed by atoms with Crippen molar-refractivity contribution in [3.05, 3.63) is 100 Å². The van der Waals surface area contributed by atoms with E-state index < -0.39 is 5.82 Å². The highest BCUT2D eigenvalue weighted by Crippen LogP contribution is 2.33. The summed E-state index contributed by atoms with van der Waals surface area (Å²) in [7, 11) is 1.62. The summed E-state index contributed by atoms with van der Waals surface area (Å²) in [6, 6.07) is 21.8. The van der Waals surface area contributed by atoms with Gasteiger partial charge in [-0.2, -0.15) is 0 Å². The van der Waals surface area contributed by atoms with Gasteiger partial charge in [0.05, 0.1) is 30.2 Å². The normalized spacial score (nSPS) is 19.5. The van der Waals surface area contributed by atoms with Crippen LogP contribution in [0, 0.1) is 17.7 Å². The molecule has 39 heavy (non-hydrogen) atoms. The van der Waals surface area contributed by atoms with Crippen LogP contribution >= 0.6 is 11.6 Å². The molecule has 2 aliphatic heterocycles. The minimum atomic E-state index is -0.577. The van der Waals surface area contributed by atoms with Crippen LogP contribution in [0.5, 0.6) is 5.75 Å². The van der Waals surface area contributed by atoms with Gasteiger partial charge in [-0.1, -0.05) is 60.1 Å². The lowest BCUT2D eigenvalue weighted by molar-refractivity contribution is -0.121. The molecule has 3 atom stereocenters. The van der Waals surface area contributed by atoms with Crippen LogP contribution in [-0.2, 0) is 11.2 Å². The summed E-state index contributed by atoms with van der Waals surface area (Å²) >= 11 is 6.13. The van der Waals surface area contributed by atoms with E-state index >= 15 is 0 Å². The summed E-state index contributed by atoms with van der Waals surface area (Å²) < 4.78 is 19.5. The number of halogens is 2. The molecule has 2 heterocycles. The van der Waals surface area contributed by atoms with Gasteiger partial charge in [0.15, 0.2) is 0 Å². The summed E-state index contributed by atoms with van der Waals surface area (Å²) in [5, 5.41) is 3.39. The lowest BCUT2D eigenvalue weighted by Gasteiger charge is -2.25. The molecule has 0 aromatic heterocycles. The third-order valence-corrected chi connectivity index (χ3v) is 8.14. The summed E-state index contributed by atoms with van der Waals surface area (Å²) in [4.78, 5) is 30.1. The molecule has 2 unspecified atom stereocenters. The zero-order valence-electron chi connectivity index (χ0n) is 22.0. The van der Waals surface area contributed by atoms with Crippen LogP contribution < -0.4 is 10.1 Å². The van der Waals surface area contributed by atoms with E-state index in [4.69, 9.17) is 16.3 Å². The van der Waals surface area contributed by atoms with Crippen molar-refractivity contribution >= 4 is 23.4 Å². The smallest absolute Gasteiger partial charge is 0.258 e. The van der Waals surface area contributed by atoms with Crippen molar-refractivity contribution in [2.24, 2.45) is 11.8 Å². The lowest BCUT2D eigenvalue weighted by atomic mass is 10.0. The lowest BCUT2D eigenvalue weighted by Crippen LogP contribution is -2.36. The number of nitrogens with zero attached hydrogens (tertiary/aromatic N) is 2. The van der Waals surface area contributed by atoms with Gasteiger partial charge in [0, 0.05) is 32.7 Å². The Hall–Kier alpha value is -3.42. The van der Waals surface area contributed by atoms with Crippen LogP contribution in [0.4, 0.5) is 4.39 Å². The van der Waals surface area contributed by atoms with Crippen molar-refractivity contribution in [2.45, 2.75) is 18.9 Å². The topological polar surface area (TPSA) is 61.9 Å². The first-order chi connectivity index (χ1) is 18.9. The summed E-state index contributed by atoms with van der Waals surface area (Å²) in [6.07, 6.45) is 1.09. The van der Waals surface area contributed by atoms with E-state index in [1.54, 1.807) is 18.1 Å². The van der Waals surface area contributed by atoms with Crippen LogP contribution in [-0.4, -0.2) is 61.4 Å². The number of ether oxygens (including phenoxy) is 1. The third-order valence-electron chi connectivity index (χ3n) is 7.82. The Labute approximate surface area is 233 Å². The number of hydrogen-bond donors (Lipinski definition) is 1. The SMILES string of the molecule is COc1ccc(CC(=O)N[C@@H](CCN2CC3CN(C(=O)c4c(F)cccc4Cl)CC3C2)c2ccccc2)cc1. The van der Waals surface area contributed by atoms with Crippen LogP contribution in [0.1, 0.15) is 33.9 Å². The molecule has 0 aliphatic carbocycles. The molecule has 3 aromatic carbocycles. The Morgan fingerprint density at radius 2 is 1.67 bits per heavy atom. The predicted octanol–water partition coefficient (Wildman–Crippen LogP) is 4.98. The minimum Gasteiger partial charge on any atom is -0.497 e. The molecule has 2 saturated heterocycles. The average molecular weight is 550 g/mol. The van der Waals surface area contributed by atoms with Crippen molar-refractivity contribution < 1.29 is 18.7 Å². The fourth-order valence-electron chi connectivity index (χ4n) is 5.79. The first kappa shape index (κ1) is 27.2. The van der Waals surface area contributed by atoms with E-state index in [1.165, 1.54) is 12.1 Å². The number of amides is 2. The molecule has 2 aliphatic rings. The maximum absolute atomic E-state index is 14.3. The second kappa shape index (κ2) is 12.2. The number of likely N-dealkylation sites (tertiary alicyclic amines) is 2. The molecule has 6 nitrogen and oxygen atoms in total. The average Bonchev–Trinajstić information content (AvgIpc) is 3.51. The van der Waals surface area contributed by atoms with E-state index in [-0.39, 0.29) is 28.4 Å². The highest BCUT2D eigenvalue weighted by atomic mass is 35.5. The van der Waals surface area contributed by atoms with Crippen LogP contribution in [0.25, 0.3) is 0 Å². The second-order valence-electron chi connectivity index (χ2n) is 10.4. The van der Waals surface area contributed by atoms with Crippen molar-refractivity contribution in [1.82, 2.24) is 15.1 Å². The van der Waals surface area contributed by atoms with E-state index in [1.807, 2.05) is 54.6 Å². The molecule has 204 valence electrons. The molecule has 8 heteroatoms. The maximum Gasteiger partial charge on any atom is 0.258 e. The number of rotatable bonds is 9. The third kappa shape index (κ3) is 6.43. The molecule has 3 aromatic rings. The van der Waals surface area contributed by atoms with Gasteiger partial charge < -0.3 is 19.9 Å². The highest BCUT2D eigenvalue weighted by molar-refractivity contribution is 6.33. The number of methoxy groups -OCH3 is 1. The summed E-state index contributed by atoms with van der Waals surface area (Å²) in [6.45, 7) is 3.79. The largest absolute Gasteiger partial charge is 0.497 e. The quantitative estimate of drug-likeness (QED) is 0.409. The molecular weight excluding hydrogens is 517 g/mol. The van der Waals surface area contributed by atoms with Crippen molar-refractivity contribution in [2.75, 3.05) is 39.8 Å². The molecule has 0 saturated carbocycles. The van der Waals surface area contributed by atoms with Gasteiger partial charge >= 0.3 is 0 Å². The molecule has 0 radical (unpaired) electrons. The van der Waals surface area contributed by atoms with Gasteiger partial charge in [-0.15, -0.1) is 0 Å². The number of benzene rings is 3. The molecule has 0 spiro atoms. The fraction of sp³-hybridized carbons (Fsp3) is 0.355. The number of nitrogens with one attached hydrogen (secondary N) is 1. The Balaban J connectivity index is 1.16. The fourth-order valence-corrected chi connectivity index (χ4v) is 6.04. The summed E-state index contributed by atoms with van der Waals surface area (Å²) in [5.41, 5.74) is 1.98. The standard InChI is InChI=1S/C31H33ClFN3O3/c1-39-25-12-10-21(11-13-25)16-29(37)34-28(22-6-3-2-4-7-22)14-15-35-17-23-19-36(20-24(23)18-35)31(38)30-26(32)8-5-9-27(30)33/h2-13,23-24,28H,14-20H2,1H3,(H,34,37)/t23?,24?,28-/m0/s1. The molecule has 5 rings (SSSR count). The number of carbonyl (C=O) groups excluding carboxylic acids is 2. The van der Waals surface area contributed by atoms with Gasteiger partial charge in [0.2, 0.25) is 5.91 Å². The molecular formula is C31H33ClFN3O3. The van der Waals surface area contributed by atoms with Gasteiger partial charge in [0.25, 0.3) is 5.91 Å². The Kier molecular flexibility index (Phi) is 8.48. The van der Waals surface area contributed by atoms with Gasteiger partial charge in [-0.05, 0) is 53.6 Å². The maximum atomic E-state index is 14.3. The highest BCUT2D eigenvalue weighted by Gasteiger charge is 2.42. The molecule has 0 bridgehead atoms. The van der Waals surface area contributed by atoms with E-state index in [0.29, 0.717) is 31.3 Å². The van der Waals surface area contributed by atoms with E-state index in [2.05, 4.69) is 10.2 Å².